The maximum atomic E-state index is 14.0. The zero-order chi connectivity index (χ0) is 27.2. The maximum absolute atomic E-state index is 14.0. The van der Waals surface area contributed by atoms with E-state index in [1.165, 1.54) is 16.2 Å². The summed E-state index contributed by atoms with van der Waals surface area (Å²) in [6.45, 7) is 7.91. The van der Waals surface area contributed by atoms with E-state index in [0.717, 1.165) is 41.7 Å². The number of nitrogens with zero attached hydrogens (tertiary/aromatic N) is 1. The van der Waals surface area contributed by atoms with Gasteiger partial charge in [-0.15, -0.1) is 11.3 Å². The Kier molecular flexibility index (Phi) is 6.97. The van der Waals surface area contributed by atoms with Gasteiger partial charge in [-0.1, -0.05) is 51.1 Å². The number of piperidine rings is 1. The van der Waals surface area contributed by atoms with Crippen molar-refractivity contribution in [2.24, 2.45) is 16.7 Å². The molecule has 8 heteroatoms. The molecule has 2 bridgehead atoms. The average Bonchev–Trinajstić information content (AvgIpc) is 3.34. The molecule has 1 saturated heterocycles. The highest BCUT2D eigenvalue weighted by atomic mass is 32.1. The highest BCUT2D eigenvalue weighted by molar-refractivity contribution is 7.17. The van der Waals surface area contributed by atoms with Crippen LogP contribution in [0.5, 0.6) is 0 Å². The quantitative estimate of drug-likeness (QED) is 0.390. The molecule has 2 fully saturated rings. The van der Waals surface area contributed by atoms with Gasteiger partial charge < -0.3 is 10.1 Å². The van der Waals surface area contributed by atoms with Crippen molar-refractivity contribution in [3.05, 3.63) is 51.9 Å². The van der Waals surface area contributed by atoms with Crippen molar-refractivity contribution in [3.8, 4) is 0 Å². The van der Waals surface area contributed by atoms with Gasteiger partial charge in [-0.05, 0) is 62.0 Å². The summed E-state index contributed by atoms with van der Waals surface area (Å²) in [5.41, 5.74) is 1.02. The van der Waals surface area contributed by atoms with E-state index in [1.807, 2.05) is 51.1 Å². The lowest BCUT2D eigenvalue weighted by Gasteiger charge is -2.49. The van der Waals surface area contributed by atoms with Gasteiger partial charge >= 0.3 is 5.97 Å². The first-order valence-corrected chi connectivity index (χ1v) is 14.5. The molecule has 3 amide bonds. The number of amides is 3. The monoisotopic (exact) mass is 536 g/mol. The number of likely N-dealkylation sites (tertiary alicyclic amines) is 1. The van der Waals surface area contributed by atoms with E-state index in [1.54, 1.807) is 6.92 Å². The first-order valence-electron chi connectivity index (χ1n) is 13.6. The number of hydrogen-bond donors (Lipinski definition) is 1. The number of rotatable bonds is 7. The van der Waals surface area contributed by atoms with Crippen LogP contribution in [0.2, 0.25) is 0 Å². The zero-order valence-corrected chi connectivity index (χ0v) is 23.4. The molecule has 202 valence electrons. The summed E-state index contributed by atoms with van der Waals surface area (Å²) in [5.74, 6) is -1.78. The van der Waals surface area contributed by atoms with E-state index in [2.05, 4.69) is 5.32 Å². The second-order valence-corrected chi connectivity index (χ2v) is 12.6. The zero-order valence-electron chi connectivity index (χ0n) is 22.6. The first kappa shape index (κ1) is 26.6. The van der Waals surface area contributed by atoms with Gasteiger partial charge in [-0.25, -0.2) is 4.79 Å². The summed E-state index contributed by atoms with van der Waals surface area (Å²) in [5, 5.41) is 3.43. The van der Waals surface area contributed by atoms with E-state index in [9.17, 15) is 19.2 Å². The van der Waals surface area contributed by atoms with Gasteiger partial charge in [0.15, 0.2) is 0 Å². The Morgan fingerprint density at radius 3 is 2.55 bits per heavy atom. The van der Waals surface area contributed by atoms with Crippen molar-refractivity contribution in [1.82, 2.24) is 4.90 Å². The van der Waals surface area contributed by atoms with Gasteiger partial charge in [-0.2, -0.15) is 0 Å². The fourth-order valence-electron chi connectivity index (χ4n) is 6.55. The molecule has 3 unspecified atom stereocenters. The second-order valence-electron chi connectivity index (χ2n) is 11.5. The number of carbonyl (C=O) groups is 4. The molecule has 5 rings (SSSR count). The third-order valence-corrected chi connectivity index (χ3v) is 10.4. The molecule has 2 aromatic rings. The van der Waals surface area contributed by atoms with E-state index >= 15 is 0 Å². The summed E-state index contributed by atoms with van der Waals surface area (Å²) in [7, 11) is 0. The van der Waals surface area contributed by atoms with E-state index in [-0.39, 0.29) is 30.8 Å². The number of esters is 1. The summed E-state index contributed by atoms with van der Waals surface area (Å²) >= 11 is 1.41. The number of aryl methyl sites for hydroxylation is 1. The molecule has 38 heavy (non-hydrogen) atoms. The molecule has 1 aliphatic heterocycles. The second kappa shape index (κ2) is 9.95. The van der Waals surface area contributed by atoms with E-state index < -0.39 is 28.7 Å². The number of thiophene rings is 1. The number of fused-ring (bicyclic) bond motifs is 3. The molecular weight excluding hydrogens is 500 g/mol. The minimum absolute atomic E-state index is 0.202. The lowest BCUT2D eigenvalue weighted by molar-refractivity contribution is -0.172. The van der Waals surface area contributed by atoms with Crippen LogP contribution in [0, 0.1) is 16.7 Å². The molecule has 1 N–H and O–H groups in total. The van der Waals surface area contributed by atoms with Gasteiger partial charge in [0.25, 0.3) is 0 Å². The topological polar surface area (TPSA) is 92.8 Å². The number of hydrogen-bond acceptors (Lipinski definition) is 6. The highest BCUT2D eigenvalue weighted by Crippen LogP contribution is 2.60. The molecule has 1 aromatic carbocycles. The van der Waals surface area contributed by atoms with Crippen LogP contribution in [0.25, 0.3) is 0 Å². The molecule has 0 radical (unpaired) electrons. The van der Waals surface area contributed by atoms with Crippen molar-refractivity contribution < 1.29 is 23.9 Å². The molecule has 0 spiro atoms. The van der Waals surface area contributed by atoms with Gasteiger partial charge in [0.1, 0.15) is 11.0 Å². The van der Waals surface area contributed by atoms with Crippen LogP contribution < -0.4 is 5.32 Å². The van der Waals surface area contributed by atoms with Crippen molar-refractivity contribution in [1.29, 1.82) is 0 Å². The van der Waals surface area contributed by atoms with Crippen LogP contribution in [0.15, 0.2) is 30.3 Å². The summed E-state index contributed by atoms with van der Waals surface area (Å²) in [4.78, 5) is 57.2. The standard InChI is InChI=1S/C30H36N2O5S/c1-5-37-27(35)23-19-13-9-10-14-22(19)38-25(23)31-24(33)21(17-18-11-7-6-8-12-18)32-26(34)20-15-16-30(4,28(32)36)29(20,2)3/h6-8,11-12,20-21H,5,9-10,13-17H2,1-4H3,(H,31,33). The highest BCUT2D eigenvalue weighted by Gasteiger charge is 2.65. The van der Waals surface area contributed by atoms with Gasteiger partial charge in [-0.3, -0.25) is 19.3 Å². The van der Waals surface area contributed by atoms with Crippen molar-refractivity contribution in [3.63, 3.8) is 0 Å². The predicted molar refractivity (Wildman–Crippen MR) is 146 cm³/mol. The minimum Gasteiger partial charge on any atom is -0.462 e. The molecule has 2 heterocycles. The van der Waals surface area contributed by atoms with E-state index in [4.69, 9.17) is 4.74 Å². The fraction of sp³-hybridized carbons (Fsp3) is 0.533. The number of carbonyl (C=O) groups excluding carboxylic acids is 4. The lowest BCUT2D eigenvalue weighted by Crippen LogP contribution is -2.64. The van der Waals surface area contributed by atoms with Gasteiger partial charge in [0, 0.05) is 17.2 Å². The number of imide groups is 1. The maximum Gasteiger partial charge on any atom is 0.341 e. The van der Waals surface area contributed by atoms with E-state index in [0.29, 0.717) is 23.4 Å². The van der Waals surface area contributed by atoms with Crippen LogP contribution in [0.3, 0.4) is 0 Å². The Labute approximate surface area is 227 Å². The number of anilines is 1. The Morgan fingerprint density at radius 2 is 1.84 bits per heavy atom. The van der Waals surface area contributed by atoms with Crippen LogP contribution in [-0.2, 0) is 38.4 Å². The smallest absolute Gasteiger partial charge is 0.341 e. The fourth-order valence-corrected chi connectivity index (χ4v) is 7.83. The third kappa shape index (κ3) is 4.17. The largest absolute Gasteiger partial charge is 0.462 e. The molecule has 3 atom stereocenters. The summed E-state index contributed by atoms with van der Waals surface area (Å²) in [6.07, 6.45) is 5.09. The molecule has 1 aromatic heterocycles. The lowest BCUT2D eigenvalue weighted by atomic mass is 9.62. The number of nitrogens with one attached hydrogen (secondary N) is 1. The SMILES string of the molecule is CCOC(=O)c1c(NC(=O)C(Cc2ccccc2)N2C(=O)C3CCC(C)(C2=O)C3(C)C)sc2c1CCCC2. The third-order valence-electron chi connectivity index (χ3n) is 9.23. The summed E-state index contributed by atoms with van der Waals surface area (Å²) in [6, 6.07) is 8.42. The van der Waals surface area contributed by atoms with Crippen molar-refractivity contribution in [2.45, 2.75) is 78.7 Å². The summed E-state index contributed by atoms with van der Waals surface area (Å²) < 4.78 is 5.35. The van der Waals surface area contributed by atoms with Crippen LogP contribution in [-0.4, -0.2) is 41.2 Å². The molecular formula is C30H36N2O5S. The molecule has 2 aliphatic carbocycles. The minimum atomic E-state index is -1.03. The molecule has 3 aliphatic rings. The van der Waals surface area contributed by atoms with Crippen LogP contribution in [0.1, 0.15) is 79.7 Å². The molecule has 1 saturated carbocycles. The first-order chi connectivity index (χ1) is 18.1. The number of benzene rings is 1. The van der Waals surface area contributed by atoms with Crippen molar-refractivity contribution >= 4 is 40.0 Å². The molecule has 7 nitrogen and oxygen atoms in total. The predicted octanol–water partition coefficient (Wildman–Crippen LogP) is 5.16. The van der Waals surface area contributed by atoms with Crippen LogP contribution in [0.4, 0.5) is 5.00 Å². The number of ether oxygens (including phenoxy) is 1. The van der Waals surface area contributed by atoms with Crippen molar-refractivity contribution in [2.75, 3.05) is 11.9 Å². The van der Waals surface area contributed by atoms with Gasteiger partial charge in [0.2, 0.25) is 17.7 Å². The van der Waals surface area contributed by atoms with Crippen LogP contribution >= 0.6 is 11.3 Å². The Balaban J connectivity index is 1.53. The Morgan fingerprint density at radius 1 is 1.13 bits per heavy atom. The van der Waals surface area contributed by atoms with Gasteiger partial charge in [0.05, 0.1) is 17.6 Å². The average molecular weight is 537 g/mol. The Bertz CT molecular complexity index is 1280. The normalized spacial score (nSPS) is 24.6. The Hall–Kier alpha value is -3.00.